The lowest BCUT2D eigenvalue weighted by atomic mass is 10.2. The van der Waals surface area contributed by atoms with Gasteiger partial charge in [0, 0.05) is 16.1 Å². The van der Waals surface area contributed by atoms with Gasteiger partial charge in [0.2, 0.25) is 5.91 Å². The lowest BCUT2D eigenvalue weighted by Gasteiger charge is -2.08. The predicted molar refractivity (Wildman–Crippen MR) is 140 cm³/mol. The highest BCUT2D eigenvalue weighted by Gasteiger charge is 2.18. The van der Waals surface area contributed by atoms with E-state index in [1.807, 2.05) is 102 Å². The molecule has 1 N–H and O–H groups in total. The number of thiophene rings is 1. The molecule has 0 spiro atoms. The number of anilines is 1. The van der Waals surface area contributed by atoms with Gasteiger partial charge in [-0.1, -0.05) is 66.7 Å². The first-order valence-electron chi connectivity index (χ1n) is 10.9. The number of rotatable bonds is 8. The second-order valence-corrected chi connectivity index (χ2v) is 9.69. The molecule has 0 aliphatic carbocycles. The molecule has 0 atom stereocenters. The maximum Gasteiger partial charge on any atom is 0.229 e. The second-order valence-electron chi connectivity index (χ2n) is 7.66. The van der Waals surface area contributed by atoms with Gasteiger partial charge >= 0.3 is 0 Å². The standard InChI is InChI=1S/C28H22N2O2S2/c31-26(29-22-13-15-23(16-14-22)32-19-20-8-3-1-4-9-20)18-25-27(24-12-7-17-33-24)30-28(34-25)21-10-5-2-6-11-21/h1-17H,18-19H2,(H,29,31). The van der Waals surface area contributed by atoms with Crippen LogP contribution in [-0.2, 0) is 17.8 Å². The summed E-state index contributed by atoms with van der Waals surface area (Å²) in [5.74, 6) is 0.691. The number of thiazole rings is 1. The Balaban J connectivity index is 1.26. The number of ether oxygens (including phenoxy) is 1. The Hall–Kier alpha value is -3.74. The van der Waals surface area contributed by atoms with Crippen molar-refractivity contribution in [1.82, 2.24) is 4.98 Å². The number of carbonyl (C=O) groups is 1. The van der Waals surface area contributed by atoms with Crippen LogP contribution in [0, 0.1) is 0 Å². The lowest BCUT2D eigenvalue weighted by molar-refractivity contribution is -0.115. The summed E-state index contributed by atoms with van der Waals surface area (Å²) < 4.78 is 5.83. The minimum Gasteiger partial charge on any atom is -0.489 e. The molecule has 168 valence electrons. The molecule has 4 nitrogen and oxygen atoms in total. The Labute approximate surface area is 206 Å². The van der Waals surface area contributed by atoms with Gasteiger partial charge in [-0.15, -0.1) is 22.7 Å². The van der Waals surface area contributed by atoms with Crippen LogP contribution in [0.4, 0.5) is 5.69 Å². The van der Waals surface area contributed by atoms with Gasteiger partial charge < -0.3 is 10.1 Å². The Morgan fingerprint density at radius 3 is 2.29 bits per heavy atom. The van der Waals surface area contributed by atoms with E-state index in [9.17, 15) is 4.79 Å². The highest BCUT2D eigenvalue weighted by molar-refractivity contribution is 7.17. The highest BCUT2D eigenvalue weighted by atomic mass is 32.1. The Bertz CT molecular complexity index is 1350. The zero-order valence-electron chi connectivity index (χ0n) is 18.3. The molecule has 0 saturated carbocycles. The summed E-state index contributed by atoms with van der Waals surface area (Å²) in [6.07, 6.45) is 0.268. The molecule has 0 unspecified atom stereocenters. The molecule has 0 aliphatic heterocycles. The highest BCUT2D eigenvalue weighted by Crippen LogP contribution is 2.36. The molecule has 0 radical (unpaired) electrons. The maximum atomic E-state index is 12.9. The molecule has 0 saturated heterocycles. The van der Waals surface area contributed by atoms with Crippen molar-refractivity contribution in [3.8, 4) is 26.9 Å². The van der Waals surface area contributed by atoms with Gasteiger partial charge in [0.05, 0.1) is 17.0 Å². The Morgan fingerprint density at radius 2 is 1.59 bits per heavy atom. The third-order valence-corrected chi connectivity index (χ3v) is 7.16. The topological polar surface area (TPSA) is 51.2 Å². The monoisotopic (exact) mass is 482 g/mol. The fourth-order valence-corrected chi connectivity index (χ4v) is 5.39. The second kappa shape index (κ2) is 10.5. The van der Waals surface area contributed by atoms with Gasteiger partial charge in [0.25, 0.3) is 0 Å². The predicted octanol–water partition coefficient (Wildman–Crippen LogP) is 7.30. The molecule has 2 aromatic heterocycles. The largest absolute Gasteiger partial charge is 0.489 e. The van der Waals surface area contributed by atoms with Crippen molar-refractivity contribution in [2.24, 2.45) is 0 Å². The number of carbonyl (C=O) groups excluding carboxylic acids is 1. The van der Waals surface area contributed by atoms with Gasteiger partial charge in [-0.3, -0.25) is 4.79 Å². The quantitative estimate of drug-likeness (QED) is 0.252. The van der Waals surface area contributed by atoms with Crippen LogP contribution in [-0.4, -0.2) is 10.9 Å². The van der Waals surface area contributed by atoms with E-state index in [4.69, 9.17) is 9.72 Å². The van der Waals surface area contributed by atoms with E-state index in [1.54, 1.807) is 22.7 Å². The fourth-order valence-electron chi connectivity index (χ4n) is 3.51. The fraction of sp³-hybridized carbons (Fsp3) is 0.0714. The maximum absolute atomic E-state index is 12.9. The molecule has 2 heterocycles. The molecular formula is C28H22N2O2S2. The molecule has 0 aliphatic rings. The number of nitrogens with one attached hydrogen (secondary N) is 1. The Kier molecular flexibility index (Phi) is 6.79. The first-order chi connectivity index (χ1) is 16.7. The molecule has 3 aromatic carbocycles. The lowest BCUT2D eigenvalue weighted by Crippen LogP contribution is -2.14. The summed E-state index contributed by atoms with van der Waals surface area (Å²) in [7, 11) is 0. The van der Waals surface area contributed by atoms with Gasteiger partial charge in [0.15, 0.2) is 0 Å². The third-order valence-electron chi connectivity index (χ3n) is 5.18. The van der Waals surface area contributed by atoms with Crippen LogP contribution in [0.3, 0.4) is 0 Å². The van der Waals surface area contributed by atoms with Crippen LogP contribution >= 0.6 is 22.7 Å². The molecule has 6 heteroatoms. The number of benzene rings is 3. The zero-order valence-corrected chi connectivity index (χ0v) is 19.9. The van der Waals surface area contributed by atoms with Crippen molar-refractivity contribution in [1.29, 1.82) is 0 Å². The van der Waals surface area contributed by atoms with Crippen LogP contribution in [0.2, 0.25) is 0 Å². The summed E-state index contributed by atoms with van der Waals surface area (Å²) >= 11 is 3.20. The van der Waals surface area contributed by atoms with E-state index in [-0.39, 0.29) is 12.3 Å². The van der Waals surface area contributed by atoms with Gasteiger partial charge in [-0.2, -0.15) is 0 Å². The van der Waals surface area contributed by atoms with E-state index >= 15 is 0 Å². The zero-order chi connectivity index (χ0) is 23.2. The summed E-state index contributed by atoms with van der Waals surface area (Å²) in [4.78, 5) is 19.8. The van der Waals surface area contributed by atoms with Crippen molar-refractivity contribution < 1.29 is 9.53 Å². The van der Waals surface area contributed by atoms with Crippen LogP contribution < -0.4 is 10.1 Å². The number of amides is 1. The summed E-state index contributed by atoms with van der Waals surface area (Å²) in [6.45, 7) is 0.507. The van der Waals surface area contributed by atoms with Crippen LogP contribution in [0.1, 0.15) is 10.4 Å². The molecular weight excluding hydrogens is 460 g/mol. The van der Waals surface area contributed by atoms with E-state index in [0.717, 1.165) is 43.0 Å². The molecule has 0 bridgehead atoms. The molecule has 0 fully saturated rings. The summed E-state index contributed by atoms with van der Waals surface area (Å²) in [6, 6.07) is 31.6. The van der Waals surface area contributed by atoms with Crippen molar-refractivity contribution in [2.75, 3.05) is 5.32 Å². The molecule has 34 heavy (non-hydrogen) atoms. The van der Waals surface area contributed by atoms with Crippen LogP contribution in [0.5, 0.6) is 5.75 Å². The first-order valence-corrected chi connectivity index (χ1v) is 12.6. The SMILES string of the molecule is O=C(Cc1sc(-c2ccccc2)nc1-c1cccs1)Nc1ccc(OCc2ccccc2)cc1. The van der Waals surface area contributed by atoms with Crippen molar-refractivity contribution in [2.45, 2.75) is 13.0 Å². The van der Waals surface area contributed by atoms with Gasteiger partial charge in [-0.25, -0.2) is 4.98 Å². The first kappa shape index (κ1) is 22.1. The summed E-state index contributed by atoms with van der Waals surface area (Å²) in [5.41, 5.74) is 3.80. The molecule has 5 aromatic rings. The van der Waals surface area contributed by atoms with E-state index in [1.165, 1.54) is 0 Å². The van der Waals surface area contributed by atoms with Crippen molar-refractivity contribution in [3.63, 3.8) is 0 Å². The van der Waals surface area contributed by atoms with E-state index < -0.39 is 0 Å². The average molecular weight is 483 g/mol. The van der Waals surface area contributed by atoms with Crippen molar-refractivity contribution in [3.05, 3.63) is 113 Å². The smallest absolute Gasteiger partial charge is 0.229 e. The minimum atomic E-state index is -0.0704. The number of aromatic nitrogens is 1. The van der Waals surface area contributed by atoms with E-state index in [2.05, 4.69) is 5.32 Å². The van der Waals surface area contributed by atoms with E-state index in [0.29, 0.717) is 6.61 Å². The minimum absolute atomic E-state index is 0.0704. The number of hydrogen-bond acceptors (Lipinski definition) is 5. The molecule has 1 amide bonds. The van der Waals surface area contributed by atoms with Gasteiger partial charge in [0.1, 0.15) is 17.4 Å². The van der Waals surface area contributed by atoms with Crippen molar-refractivity contribution >= 4 is 34.3 Å². The van der Waals surface area contributed by atoms with Crippen LogP contribution in [0.25, 0.3) is 21.1 Å². The third kappa shape index (κ3) is 5.42. The summed E-state index contributed by atoms with van der Waals surface area (Å²) in [5, 5.41) is 5.95. The average Bonchev–Trinajstić information content (AvgIpc) is 3.55. The number of hydrogen-bond donors (Lipinski definition) is 1. The Morgan fingerprint density at radius 1 is 0.853 bits per heavy atom. The number of nitrogens with zero attached hydrogens (tertiary/aromatic N) is 1. The van der Waals surface area contributed by atoms with Gasteiger partial charge in [-0.05, 0) is 41.3 Å². The van der Waals surface area contributed by atoms with Crippen LogP contribution in [0.15, 0.2) is 102 Å². The normalized spacial score (nSPS) is 10.7. The molecule has 5 rings (SSSR count).